The quantitative estimate of drug-likeness (QED) is 0.505. The molecule has 0 bridgehead atoms. The Morgan fingerprint density at radius 2 is 1.72 bits per heavy atom. The van der Waals surface area contributed by atoms with Crippen LogP contribution in [-0.2, 0) is 14.3 Å². The Kier molecular flexibility index (Phi) is 5.14. The van der Waals surface area contributed by atoms with Crippen LogP contribution in [0, 0.1) is 11.8 Å². The van der Waals surface area contributed by atoms with Crippen molar-refractivity contribution in [3.63, 3.8) is 0 Å². The van der Waals surface area contributed by atoms with Gasteiger partial charge in [0.2, 0.25) is 0 Å². The van der Waals surface area contributed by atoms with Crippen molar-refractivity contribution in [2.24, 2.45) is 11.8 Å². The van der Waals surface area contributed by atoms with Gasteiger partial charge in [-0.05, 0) is 12.8 Å². The summed E-state index contributed by atoms with van der Waals surface area (Å²) in [7, 11) is 6.04. The molecule has 0 heterocycles. The van der Waals surface area contributed by atoms with Crippen molar-refractivity contribution in [3.05, 3.63) is 0 Å². The second-order valence-electron chi connectivity index (χ2n) is 6.00. The lowest BCUT2D eigenvalue weighted by Gasteiger charge is -2.31. The Bertz CT molecular complexity index is 309. The molecule has 0 spiro atoms. The predicted molar refractivity (Wildman–Crippen MR) is 64.3 cm³/mol. The third-order valence-electron chi connectivity index (χ3n) is 3.38. The van der Waals surface area contributed by atoms with Crippen LogP contribution in [0.1, 0.15) is 25.7 Å². The number of carboxylic acids is 1. The molecule has 1 saturated carbocycles. The Labute approximate surface area is 108 Å². The molecular formula is C13H23NO4. The molecule has 1 aliphatic carbocycles. The molecule has 0 aromatic rings. The first kappa shape index (κ1) is 15.0. The first-order chi connectivity index (χ1) is 8.31. The van der Waals surface area contributed by atoms with Crippen LogP contribution in [0.3, 0.4) is 0 Å². The van der Waals surface area contributed by atoms with Crippen LogP contribution in [0.4, 0.5) is 0 Å². The summed E-state index contributed by atoms with van der Waals surface area (Å²) < 4.78 is 5.90. The van der Waals surface area contributed by atoms with Crippen molar-refractivity contribution in [1.82, 2.24) is 0 Å². The van der Waals surface area contributed by atoms with E-state index >= 15 is 0 Å². The van der Waals surface area contributed by atoms with Gasteiger partial charge in [0.25, 0.3) is 0 Å². The number of hydrogen-bond acceptors (Lipinski definition) is 4. The maximum absolute atomic E-state index is 11.9. The van der Waals surface area contributed by atoms with Gasteiger partial charge >= 0.3 is 5.97 Å². The summed E-state index contributed by atoms with van der Waals surface area (Å²) in [5.41, 5.74) is 0. The monoisotopic (exact) mass is 257 g/mol. The van der Waals surface area contributed by atoms with E-state index in [1.807, 2.05) is 21.1 Å². The van der Waals surface area contributed by atoms with Crippen LogP contribution >= 0.6 is 0 Å². The Balaban J connectivity index is 2.46. The topological polar surface area (TPSA) is 66.4 Å². The number of hydrogen-bond donors (Lipinski definition) is 0. The molecule has 0 aromatic carbocycles. The molecule has 5 heteroatoms. The number of quaternary nitrogens is 1. The molecule has 0 saturated heterocycles. The fraction of sp³-hybridized carbons (Fsp3) is 0.846. The van der Waals surface area contributed by atoms with Crippen LogP contribution in [0.5, 0.6) is 0 Å². The standard InChI is InChI=1S/C13H23NO4/c1-14(2,3)8-9-18-13(17)11-7-5-4-6-10(11)12(15)16/h10-11H,4-9H2,1-3H3. The smallest absolute Gasteiger partial charge is 0.309 e. The maximum atomic E-state index is 11.9. The fourth-order valence-electron chi connectivity index (χ4n) is 2.22. The number of nitrogens with zero attached hydrogens (tertiary/aromatic N) is 1. The van der Waals surface area contributed by atoms with E-state index in [4.69, 9.17) is 4.74 Å². The summed E-state index contributed by atoms with van der Waals surface area (Å²) in [6.07, 6.45) is 2.86. The zero-order chi connectivity index (χ0) is 13.8. The maximum Gasteiger partial charge on any atom is 0.309 e. The van der Waals surface area contributed by atoms with Gasteiger partial charge in [0.1, 0.15) is 13.2 Å². The van der Waals surface area contributed by atoms with Crippen LogP contribution < -0.4 is 5.11 Å². The van der Waals surface area contributed by atoms with Gasteiger partial charge in [0.05, 0.1) is 27.1 Å². The van der Waals surface area contributed by atoms with Crippen molar-refractivity contribution < 1.29 is 23.9 Å². The SMILES string of the molecule is C[N+](C)(C)CCOC(=O)C1CCCCC1C(=O)[O-]. The number of esters is 1. The molecule has 18 heavy (non-hydrogen) atoms. The average molecular weight is 257 g/mol. The highest BCUT2D eigenvalue weighted by Gasteiger charge is 2.33. The average Bonchev–Trinajstić information content (AvgIpc) is 2.27. The highest BCUT2D eigenvalue weighted by molar-refractivity contribution is 5.80. The lowest BCUT2D eigenvalue weighted by molar-refractivity contribution is -0.870. The zero-order valence-corrected chi connectivity index (χ0v) is 11.5. The molecule has 0 aliphatic heterocycles. The summed E-state index contributed by atoms with van der Waals surface area (Å²) in [5, 5.41) is 11.0. The number of aliphatic carboxylic acids is 1. The van der Waals surface area contributed by atoms with Gasteiger partial charge < -0.3 is 19.1 Å². The third-order valence-corrected chi connectivity index (χ3v) is 3.38. The van der Waals surface area contributed by atoms with Gasteiger partial charge in [0, 0.05) is 11.9 Å². The van der Waals surface area contributed by atoms with Crippen molar-refractivity contribution in [2.45, 2.75) is 25.7 Å². The van der Waals surface area contributed by atoms with Crippen molar-refractivity contribution in [1.29, 1.82) is 0 Å². The first-order valence-electron chi connectivity index (χ1n) is 6.49. The molecule has 1 aliphatic rings. The number of carbonyl (C=O) groups is 2. The number of carbonyl (C=O) groups excluding carboxylic acids is 2. The van der Waals surface area contributed by atoms with E-state index in [9.17, 15) is 14.7 Å². The zero-order valence-electron chi connectivity index (χ0n) is 11.5. The molecule has 104 valence electrons. The Morgan fingerprint density at radius 3 is 2.22 bits per heavy atom. The van der Waals surface area contributed by atoms with Crippen LogP contribution in [0.2, 0.25) is 0 Å². The van der Waals surface area contributed by atoms with E-state index in [1.165, 1.54) is 0 Å². The highest BCUT2D eigenvalue weighted by atomic mass is 16.5. The van der Waals surface area contributed by atoms with Gasteiger partial charge in [-0.3, -0.25) is 4.79 Å². The molecule has 0 N–H and O–H groups in total. The summed E-state index contributed by atoms with van der Waals surface area (Å²) in [4.78, 5) is 22.9. The Hall–Kier alpha value is -1.10. The second kappa shape index (κ2) is 6.18. The van der Waals surface area contributed by atoms with Crippen LogP contribution in [0.25, 0.3) is 0 Å². The minimum Gasteiger partial charge on any atom is -0.550 e. The summed E-state index contributed by atoms with van der Waals surface area (Å²) in [6.45, 7) is 1.05. The molecule has 5 nitrogen and oxygen atoms in total. The molecular weight excluding hydrogens is 234 g/mol. The lowest BCUT2D eigenvalue weighted by atomic mass is 9.79. The molecule has 0 radical (unpaired) electrons. The highest BCUT2D eigenvalue weighted by Crippen LogP contribution is 2.30. The largest absolute Gasteiger partial charge is 0.550 e. The lowest BCUT2D eigenvalue weighted by Crippen LogP contribution is -2.42. The van der Waals surface area contributed by atoms with Crippen molar-refractivity contribution >= 4 is 11.9 Å². The van der Waals surface area contributed by atoms with Gasteiger partial charge in [-0.1, -0.05) is 12.8 Å². The molecule has 0 aromatic heterocycles. The van der Waals surface area contributed by atoms with Gasteiger partial charge in [0.15, 0.2) is 0 Å². The van der Waals surface area contributed by atoms with E-state index < -0.39 is 17.8 Å². The molecule has 2 unspecified atom stereocenters. The summed E-state index contributed by atoms with van der Waals surface area (Å²) in [6, 6.07) is 0. The summed E-state index contributed by atoms with van der Waals surface area (Å²) in [5.74, 6) is -2.69. The van der Waals surface area contributed by atoms with E-state index in [0.29, 0.717) is 30.5 Å². The fourth-order valence-corrected chi connectivity index (χ4v) is 2.22. The first-order valence-corrected chi connectivity index (χ1v) is 6.49. The molecule has 1 fully saturated rings. The predicted octanol–water partition coefficient (Wildman–Crippen LogP) is -0.208. The minimum absolute atomic E-state index is 0.332. The van der Waals surface area contributed by atoms with Crippen LogP contribution in [-0.4, -0.2) is 50.7 Å². The Morgan fingerprint density at radius 1 is 1.17 bits per heavy atom. The third kappa shape index (κ3) is 4.64. The van der Waals surface area contributed by atoms with E-state index in [0.717, 1.165) is 12.8 Å². The normalized spacial score (nSPS) is 24.6. The van der Waals surface area contributed by atoms with E-state index in [2.05, 4.69) is 0 Å². The number of likely N-dealkylation sites (N-methyl/N-ethyl adjacent to an activating group) is 1. The minimum atomic E-state index is -1.12. The molecule has 1 rings (SSSR count). The molecule has 0 amide bonds. The van der Waals surface area contributed by atoms with Crippen molar-refractivity contribution in [3.8, 4) is 0 Å². The number of rotatable bonds is 5. The summed E-state index contributed by atoms with van der Waals surface area (Å²) >= 11 is 0. The van der Waals surface area contributed by atoms with Gasteiger partial charge in [-0.15, -0.1) is 0 Å². The molecule has 2 atom stereocenters. The number of carboxylic acid groups (broad SMARTS) is 1. The van der Waals surface area contributed by atoms with Gasteiger partial charge in [-0.2, -0.15) is 0 Å². The van der Waals surface area contributed by atoms with Crippen LogP contribution in [0.15, 0.2) is 0 Å². The van der Waals surface area contributed by atoms with E-state index in [1.54, 1.807) is 0 Å². The van der Waals surface area contributed by atoms with Gasteiger partial charge in [-0.25, -0.2) is 0 Å². The number of ether oxygens (including phenoxy) is 1. The second-order valence-corrected chi connectivity index (χ2v) is 6.00. The van der Waals surface area contributed by atoms with Crippen molar-refractivity contribution in [2.75, 3.05) is 34.3 Å². The van der Waals surface area contributed by atoms with E-state index in [-0.39, 0.29) is 5.97 Å².